The van der Waals surface area contributed by atoms with Crippen LogP contribution in [0.5, 0.6) is 0 Å². The molecule has 98 heavy (non-hydrogen) atoms. The number of carbonyl (C=O) groups excluding carboxylic acids is 2. The number of Topliss-reactive ketones (excluding diaryl/α,β-unsaturated/α-hetero) is 1. The van der Waals surface area contributed by atoms with E-state index in [1.54, 1.807) is 6.07 Å². The minimum absolute atomic E-state index is 0.108. The van der Waals surface area contributed by atoms with Crippen molar-refractivity contribution in [3.8, 4) is 5.69 Å². The maximum Gasteiger partial charge on any atom is 0.264 e. The zero-order chi connectivity index (χ0) is 70.1. The van der Waals surface area contributed by atoms with E-state index in [2.05, 4.69) is 147 Å². The van der Waals surface area contributed by atoms with Crippen LogP contribution in [-0.4, -0.2) is 161 Å². The van der Waals surface area contributed by atoms with Crippen molar-refractivity contribution in [3.63, 3.8) is 0 Å². The summed E-state index contributed by atoms with van der Waals surface area (Å²) in [7, 11) is -8.39. The van der Waals surface area contributed by atoms with Crippen molar-refractivity contribution < 1.29 is 63.8 Å². The molecule has 3 heterocycles. The van der Waals surface area contributed by atoms with Gasteiger partial charge in [-0.25, -0.2) is 13.1 Å². The van der Waals surface area contributed by atoms with Crippen LogP contribution in [0.1, 0.15) is 160 Å². The molecule has 0 saturated heterocycles. The molecule has 2 aliphatic heterocycles. The Hall–Kier alpha value is -6.96. The van der Waals surface area contributed by atoms with E-state index < -0.39 is 26.1 Å². The van der Waals surface area contributed by atoms with Gasteiger partial charge >= 0.3 is 0 Å². The van der Waals surface area contributed by atoms with Gasteiger partial charge in [0.15, 0.2) is 11.5 Å². The van der Waals surface area contributed by atoms with Gasteiger partial charge in [-0.2, -0.15) is 18.1 Å². The summed E-state index contributed by atoms with van der Waals surface area (Å²) in [4.78, 5) is 27.6. The molecule has 4 aromatic carbocycles. The molecule has 20 nitrogen and oxygen atoms in total. The molecule has 0 saturated carbocycles. The molecule has 0 atom stereocenters. The number of hydrogen-bond acceptors (Lipinski definition) is 16. The Bertz CT molecular complexity index is 4000. The number of nitrogens with two attached hydrogens (primary N) is 1. The summed E-state index contributed by atoms with van der Waals surface area (Å²) in [5.74, 6) is -1.09. The van der Waals surface area contributed by atoms with Crippen LogP contribution < -0.4 is 21.3 Å². The number of fused-ring (bicyclic) bond motifs is 3. The second-order valence-electron chi connectivity index (χ2n) is 27.7. The fourth-order valence-electron chi connectivity index (χ4n) is 13.9. The van der Waals surface area contributed by atoms with Gasteiger partial charge in [0.05, 0.1) is 102 Å². The van der Waals surface area contributed by atoms with Crippen molar-refractivity contribution in [2.24, 2.45) is 11.1 Å². The number of allylic oxidation sites excluding steroid dienone is 8. The smallest absolute Gasteiger partial charge is 0.264 e. The van der Waals surface area contributed by atoms with Crippen molar-refractivity contribution in [1.29, 1.82) is 0 Å². The van der Waals surface area contributed by atoms with E-state index in [-0.39, 0.29) is 40.0 Å². The first-order chi connectivity index (χ1) is 46.8. The second-order valence-corrected chi connectivity index (χ2v) is 30.8. The highest BCUT2D eigenvalue weighted by Gasteiger charge is 2.44. The first kappa shape index (κ1) is 75.2. The monoisotopic (exact) mass is 1380 g/mol. The van der Waals surface area contributed by atoms with E-state index in [9.17, 15) is 35.5 Å². The van der Waals surface area contributed by atoms with Crippen molar-refractivity contribution in [2.45, 2.75) is 136 Å². The topological polar surface area (TPSA) is 266 Å². The number of carbonyl (C=O) groups is 2. The molecule has 9 rings (SSSR count). The minimum Gasteiger partial charge on any atom is -0.748 e. The Labute approximate surface area is 580 Å². The first-order valence-electron chi connectivity index (χ1n) is 34.6. The number of nitrogens with one attached hydrogen (secondary N) is 2. The van der Waals surface area contributed by atoms with Crippen LogP contribution in [-0.2, 0) is 67.7 Å². The third-order valence-electron chi connectivity index (χ3n) is 18.8. The van der Waals surface area contributed by atoms with Crippen LogP contribution in [0, 0.1) is 12.3 Å². The largest absolute Gasteiger partial charge is 0.748 e. The quantitative estimate of drug-likeness (QED) is 0.0162. The first-order valence-corrected chi connectivity index (χ1v) is 37.8. The number of amides is 1. The summed E-state index contributed by atoms with van der Waals surface area (Å²) < 4.78 is 100. The molecular formula is C76H101N7O13S2. The van der Waals surface area contributed by atoms with E-state index >= 15 is 0 Å². The van der Waals surface area contributed by atoms with E-state index in [0.29, 0.717) is 147 Å². The molecule has 22 heteroatoms. The fraction of sp³-hybridized carbons (Fsp3) is 0.500. The predicted molar refractivity (Wildman–Crippen MR) is 385 cm³/mol. The predicted octanol–water partition coefficient (Wildman–Crippen LogP) is 11.7. The minimum atomic E-state index is -4.32. The number of rotatable bonds is 39. The molecule has 0 fully saturated rings. The van der Waals surface area contributed by atoms with Gasteiger partial charge in [0, 0.05) is 91.6 Å². The van der Waals surface area contributed by atoms with Crippen LogP contribution in [0.2, 0.25) is 0 Å². The summed E-state index contributed by atoms with van der Waals surface area (Å²) in [5.41, 5.74) is 21.6. The average molecular weight is 1380 g/mol. The molecular weight excluding hydrogens is 1280 g/mol. The fourth-order valence-corrected chi connectivity index (χ4v) is 15.1. The standard InChI is InChI=1S/C76H101N7O13S2/c1-55-71-67(52-74(2,3)53-68(71)84)83(80-55)60-31-32-61(73(77)85)64(51-60)79-36-18-40-93-42-44-95-46-48-96-47-45-94-43-41-92-39-17-35-78-54-56-25-27-59(28-26-56)72-57(29-33-69-75(4,5)62-21-8-10-23-65(62)81(69)37-12-14-49-97(86,87)88)19-16-20-58(72)30-34-70-76(6,7)63-22-9-11-24-66(63)82(70)38-13-15-50-98(89,90)91/h8-11,21-34,51,78H,12-20,35-50,52-54H2,1-7H3,(H4-,77,79,85,86,87,88,89,90,91). The van der Waals surface area contributed by atoms with Gasteiger partial charge < -0.3 is 49.5 Å². The highest BCUT2D eigenvalue weighted by atomic mass is 32.2. The van der Waals surface area contributed by atoms with Gasteiger partial charge in [-0.05, 0) is 154 Å². The van der Waals surface area contributed by atoms with Gasteiger partial charge in [0.1, 0.15) is 6.54 Å². The Morgan fingerprint density at radius 3 is 2.01 bits per heavy atom. The molecule has 5 aromatic rings. The van der Waals surface area contributed by atoms with Crippen molar-refractivity contribution in [3.05, 3.63) is 177 Å². The van der Waals surface area contributed by atoms with Crippen molar-refractivity contribution >= 4 is 60.3 Å². The number of hydrogen-bond donors (Lipinski definition) is 4. The summed E-state index contributed by atoms with van der Waals surface area (Å²) >= 11 is 0. The lowest BCUT2D eigenvalue weighted by Crippen LogP contribution is -2.28. The number of primary amides is 1. The summed E-state index contributed by atoms with van der Waals surface area (Å²) in [6.07, 6.45) is 16.2. The molecule has 0 radical (unpaired) electrons. The van der Waals surface area contributed by atoms with Crippen LogP contribution >= 0.6 is 0 Å². The van der Waals surface area contributed by atoms with Crippen LogP contribution in [0.3, 0.4) is 0 Å². The number of para-hydroxylation sites is 2. The van der Waals surface area contributed by atoms with Gasteiger partial charge in [-0.1, -0.05) is 101 Å². The van der Waals surface area contributed by atoms with E-state index in [0.717, 1.165) is 83.9 Å². The number of anilines is 2. The zero-order valence-corrected chi connectivity index (χ0v) is 59.9. The number of nitrogens with zero attached hydrogens (tertiary/aromatic N) is 4. The Balaban J connectivity index is 0.704. The number of aryl methyl sites for hydroxylation is 1. The zero-order valence-electron chi connectivity index (χ0n) is 58.3. The summed E-state index contributed by atoms with van der Waals surface area (Å²) in [6.45, 7) is 22.9. The Kier molecular flexibility index (Phi) is 26.4. The van der Waals surface area contributed by atoms with Crippen LogP contribution in [0.25, 0.3) is 11.3 Å². The van der Waals surface area contributed by atoms with E-state index in [4.69, 9.17) is 34.5 Å². The number of ether oxygens (including phenoxy) is 5. The molecule has 0 bridgehead atoms. The molecule has 1 amide bonds. The maximum atomic E-state index is 13.0. The van der Waals surface area contributed by atoms with Crippen molar-refractivity contribution in [1.82, 2.24) is 15.1 Å². The van der Waals surface area contributed by atoms with Gasteiger partial charge in [0.25, 0.3) is 16.0 Å². The third kappa shape index (κ3) is 20.2. The third-order valence-corrected chi connectivity index (χ3v) is 20.4. The molecule has 1 aromatic heterocycles. The normalized spacial score (nSPS) is 17.4. The van der Waals surface area contributed by atoms with Crippen LogP contribution in [0.4, 0.5) is 17.1 Å². The molecule has 0 spiro atoms. The highest BCUT2D eigenvalue weighted by molar-refractivity contribution is 7.85. The van der Waals surface area contributed by atoms with Gasteiger partial charge in [0.2, 0.25) is 5.69 Å². The van der Waals surface area contributed by atoms with Gasteiger partial charge in [-0.15, -0.1) is 0 Å². The number of ketones is 1. The average Bonchev–Trinajstić information content (AvgIpc) is 1.61. The Morgan fingerprint density at radius 2 is 1.35 bits per heavy atom. The molecule has 5 N–H and O–H groups in total. The second kappa shape index (κ2) is 34.4. The number of benzene rings is 4. The van der Waals surface area contributed by atoms with E-state index in [1.165, 1.54) is 27.8 Å². The molecule has 0 unspecified atom stereocenters. The Morgan fingerprint density at radius 1 is 0.714 bits per heavy atom. The molecule has 2 aliphatic carbocycles. The SMILES string of the molecule is Cc1nn(-c2ccc(C(N)=O)c(NCCCOCCOCCOCCOCCOCCCNCc3ccc(C4=C(/C=C/C5=[N+](CCCCS(=O)(=O)O)c6ccccc6C5(C)C)CCC/C4=C\C=C4\N(CCCCS(=O)(=O)[O-])c5ccccc5C4(C)C)cc3)c2)c2c1C(=O)CC(C)(C)C2. The molecule has 4 aliphatic rings. The lowest BCUT2D eigenvalue weighted by atomic mass is 9.75. The highest BCUT2D eigenvalue weighted by Crippen LogP contribution is 2.49. The van der Waals surface area contributed by atoms with Gasteiger partial charge in [-0.3, -0.25) is 14.1 Å². The van der Waals surface area contributed by atoms with Crippen molar-refractivity contribution in [2.75, 3.05) is 114 Å². The maximum absolute atomic E-state index is 13.0. The van der Waals surface area contributed by atoms with Crippen LogP contribution in [0.15, 0.2) is 132 Å². The number of unbranched alkanes of at least 4 members (excludes halogenated alkanes) is 2. The number of aromatic nitrogens is 2. The lowest BCUT2D eigenvalue weighted by Gasteiger charge is -2.29. The lowest BCUT2D eigenvalue weighted by molar-refractivity contribution is -0.438. The summed E-state index contributed by atoms with van der Waals surface area (Å²) in [5, 5.41) is 11.6. The summed E-state index contributed by atoms with van der Waals surface area (Å²) in [6, 6.07) is 30.9. The van der Waals surface area contributed by atoms with E-state index in [1.807, 2.05) is 35.9 Å². The molecule has 530 valence electrons.